The second kappa shape index (κ2) is 5.78. The number of H-pyrrole nitrogens is 1. The van der Waals surface area contributed by atoms with Gasteiger partial charge in [-0.25, -0.2) is 4.98 Å². The lowest BCUT2D eigenvalue weighted by Crippen LogP contribution is -2.09. The lowest BCUT2D eigenvalue weighted by Gasteiger charge is -1.99. The molecule has 0 bridgehead atoms. The summed E-state index contributed by atoms with van der Waals surface area (Å²) in [5.41, 5.74) is 1.96. The molecule has 0 amide bonds. The molecule has 1 aromatic carbocycles. The highest BCUT2D eigenvalue weighted by atomic mass is 35.5. The van der Waals surface area contributed by atoms with E-state index in [0.29, 0.717) is 15.9 Å². The van der Waals surface area contributed by atoms with Gasteiger partial charge in [0.2, 0.25) is 0 Å². The Morgan fingerprint density at radius 3 is 2.91 bits per heavy atom. The molecule has 0 radical (unpaired) electrons. The van der Waals surface area contributed by atoms with Crippen LogP contribution in [0.5, 0.6) is 0 Å². The Balaban J connectivity index is 1.75. The third-order valence-corrected chi connectivity index (χ3v) is 5.72. The molecule has 3 nitrogen and oxygen atoms in total. The zero-order valence-electron chi connectivity index (χ0n) is 12.0. The fraction of sp³-hybridized carbons (Fsp3) is 0.176. The molecular formula is C17H12Cl2N2OS. The number of nitrogens with one attached hydrogen (secondary N) is 1. The molecule has 1 aliphatic carbocycles. The number of aromatic amines is 1. The number of halogens is 2. The summed E-state index contributed by atoms with van der Waals surface area (Å²) < 4.78 is 0. The van der Waals surface area contributed by atoms with Crippen LogP contribution in [0.15, 0.2) is 23.0 Å². The summed E-state index contributed by atoms with van der Waals surface area (Å²) in [7, 11) is 0. The monoisotopic (exact) mass is 362 g/mol. The molecular weight excluding hydrogens is 351 g/mol. The maximum Gasteiger partial charge on any atom is 0.260 e. The highest BCUT2D eigenvalue weighted by Crippen LogP contribution is 2.34. The lowest BCUT2D eigenvalue weighted by molar-refractivity contribution is 0.916. The summed E-state index contributed by atoms with van der Waals surface area (Å²) in [6, 6.07) is 5.29. The number of nitrogens with zero attached hydrogens (tertiary/aromatic N) is 1. The Bertz CT molecular complexity index is 1000. The third-order valence-electron chi connectivity index (χ3n) is 3.98. The minimum Gasteiger partial charge on any atom is -0.306 e. The van der Waals surface area contributed by atoms with Gasteiger partial charge in [0.15, 0.2) is 0 Å². The van der Waals surface area contributed by atoms with Gasteiger partial charge in [0.25, 0.3) is 5.56 Å². The van der Waals surface area contributed by atoms with E-state index in [-0.39, 0.29) is 5.56 Å². The molecule has 6 heteroatoms. The van der Waals surface area contributed by atoms with E-state index in [4.69, 9.17) is 23.2 Å². The molecule has 3 aromatic rings. The standard InChI is InChI=1S/C17H12Cl2N2OS/c18-10-6-4-9(12(19)8-10)5-7-14-20-16(22)15-11-2-1-3-13(11)23-17(15)21-14/h4-8H,1-3H2,(H,20,21,22)/b7-5+. The van der Waals surface area contributed by atoms with Crippen LogP contribution in [0.1, 0.15) is 28.2 Å². The first-order chi connectivity index (χ1) is 11.1. The van der Waals surface area contributed by atoms with E-state index in [9.17, 15) is 4.79 Å². The van der Waals surface area contributed by atoms with E-state index >= 15 is 0 Å². The topological polar surface area (TPSA) is 45.8 Å². The molecule has 4 rings (SSSR count). The first-order valence-electron chi connectivity index (χ1n) is 7.29. The zero-order chi connectivity index (χ0) is 16.0. The van der Waals surface area contributed by atoms with Gasteiger partial charge >= 0.3 is 0 Å². The van der Waals surface area contributed by atoms with Crippen molar-refractivity contribution in [2.24, 2.45) is 0 Å². The Morgan fingerprint density at radius 2 is 2.09 bits per heavy atom. The predicted octanol–water partition coefficient (Wildman–Crippen LogP) is 4.95. The fourth-order valence-electron chi connectivity index (χ4n) is 2.90. The van der Waals surface area contributed by atoms with Crippen LogP contribution in [0.25, 0.3) is 22.4 Å². The molecule has 1 N–H and O–H groups in total. The number of fused-ring (bicyclic) bond motifs is 3. The van der Waals surface area contributed by atoms with Crippen LogP contribution in [0.4, 0.5) is 0 Å². The summed E-state index contributed by atoms with van der Waals surface area (Å²) >= 11 is 13.7. The highest BCUT2D eigenvalue weighted by molar-refractivity contribution is 7.18. The first-order valence-corrected chi connectivity index (χ1v) is 8.87. The number of thiophene rings is 1. The number of rotatable bonds is 2. The van der Waals surface area contributed by atoms with Crippen molar-refractivity contribution >= 4 is 56.9 Å². The van der Waals surface area contributed by atoms with E-state index in [1.807, 2.05) is 12.1 Å². The molecule has 0 saturated carbocycles. The SMILES string of the molecule is O=c1[nH]c(/C=C/c2ccc(Cl)cc2Cl)nc2sc3c(c12)CCC3. The third kappa shape index (κ3) is 2.71. The van der Waals surface area contributed by atoms with E-state index in [1.54, 1.807) is 29.5 Å². The van der Waals surface area contributed by atoms with Crippen LogP contribution in [-0.4, -0.2) is 9.97 Å². The maximum absolute atomic E-state index is 12.4. The van der Waals surface area contributed by atoms with Gasteiger partial charge in [-0.3, -0.25) is 4.79 Å². The van der Waals surface area contributed by atoms with Crippen molar-refractivity contribution in [2.75, 3.05) is 0 Å². The van der Waals surface area contributed by atoms with Crippen LogP contribution in [0.2, 0.25) is 10.0 Å². The molecule has 0 saturated heterocycles. The van der Waals surface area contributed by atoms with Gasteiger partial charge in [-0.1, -0.05) is 29.3 Å². The van der Waals surface area contributed by atoms with Crippen molar-refractivity contribution in [1.29, 1.82) is 0 Å². The van der Waals surface area contributed by atoms with E-state index in [1.165, 1.54) is 10.4 Å². The number of aromatic nitrogens is 2. The van der Waals surface area contributed by atoms with Crippen molar-refractivity contribution < 1.29 is 0 Å². The minimum absolute atomic E-state index is 0.0590. The highest BCUT2D eigenvalue weighted by Gasteiger charge is 2.20. The van der Waals surface area contributed by atoms with Gasteiger partial charge in [0.1, 0.15) is 10.7 Å². The van der Waals surface area contributed by atoms with Gasteiger partial charge in [0.05, 0.1) is 5.39 Å². The van der Waals surface area contributed by atoms with Crippen LogP contribution < -0.4 is 5.56 Å². The lowest BCUT2D eigenvalue weighted by atomic mass is 10.2. The average Bonchev–Trinajstić information content (AvgIpc) is 3.06. The van der Waals surface area contributed by atoms with Crippen LogP contribution >= 0.6 is 34.5 Å². The number of hydrogen-bond acceptors (Lipinski definition) is 3. The summed E-state index contributed by atoms with van der Waals surface area (Å²) in [5.74, 6) is 0.536. The maximum atomic E-state index is 12.4. The molecule has 0 spiro atoms. The number of hydrogen-bond donors (Lipinski definition) is 1. The molecule has 0 atom stereocenters. The molecule has 2 aromatic heterocycles. The average molecular weight is 363 g/mol. The Morgan fingerprint density at radius 1 is 1.22 bits per heavy atom. The largest absolute Gasteiger partial charge is 0.306 e. The molecule has 116 valence electrons. The van der Waals surface area contributed by atoms with Crippen LogP contribution in [-0.2, 0) is 12.8 Å². The van der Waals surface area contributed by atoms with Gasteiger partial charge in [-0.2, -0.15) is 0 Å². The molecule has 0 unspecified atom stereocenters. The number of benzene rings is 1. The van der Waals surface area contributed by atoms with Crippen LogP contribution in [0, 0.1) is 0 Å². The predicted molar refractivity (Wildman–Crippen MR) is 97.7 cm³/mol. The molecule has 2 heterocycles. The van der Waals surface area contributed by atoms with Gasteiger partial charge in [0, 0.05) is 14.9 Å². The van der Waals surface area contributed by atoms with Gasteiger partial charge in [-0.15, -0.1) is 11.3 Å². The van der Waals surface area contributed by atoms with Crippen molar-refractivity contribution in [3.63, 3.8) is 0 Å². The van der Waals surface area contributed by atoms with E-state index < -0.39 is 0 Å². The quantitative estimate of drug-likeness (QED) is 0.700. The van der Waals surface area contributed by atoms with Crippen LogP contribution in [0.3, 0.4) is 0 Å². The van der Waals surface area contributed by atoms with Crippen molar-refractivity contribution in [2.45, 2.75) is 19.3 Å². The summed E-state index contributed by atoms with van der Waals surface area (Å²) in [5, 5.41) is 1.92. The summed E-state index contributed by atoms with van der Waals surface area (Å²) in [6.45, 7) is 0. The smallest absolute Gasteiger partial charge is 0.260 e. The summed E-state index contributed by atoms with van der Waals surface area (Å²) in [4.78, 5) is 21.9. The Kier molecular flexibility index (Phi) is 3.76. The van der Waals surface area contributed by atoms with Gasteiger partial charge in [-0.05, 0) is 54.7 Å². The Hall–Kier alpha value is -1.62. The fourth-order valence-corrected chi connectivity index (χ4v) is 4.64. The zero-order valence-corrected chi connectivity index (χ0v) is 14.4. The molecule has 23 heavy (non-hydrogen) atoms. The minimum atomic E-state index is -0.0590. The van der Waals surface area contributed by atoms with Gasteiger partial charge < -0.3 is 4.98 Å². The van der Waals surface area contributed by atoms with Crippen molar-refractivity contribution in [1.82, 2.24) is 9.97 Å². The number of aryl methyl sites for hydroxylation is 2. The van der Waals surface area contributed by atoms with Crippen molar-refractivity contribution in [3.05, 3.63) is 60.4 Å². The Labute approximate surface area is 146 Å². The first kappa shape index (κ1) is 14.9. The normalized spacial score (nSPS) is 14.0. The second-order valence-corrected chi connectivity index (χ2v) is 7.42. The van der Waals surface area contributed by atoms with E-state index in [0.717, 1.165) is 35.0 Å². The molecule has 1 aliphatic rings. The summed E-state index contributed by atoms with van der Waals surface area (Å²) in [6.07, 6.45) is 6.76. The van der Waals surface area contributed by atoms with Crippen molar-refractivity contribution in [3.8, 4) is 0 Å². The van der Waals surface area contributed by atoms with E-state index in [2.05, 4.69) is 9.97 Å². The molecule has 0 aliphatic heterocycles. The molecule has 0 fully saturated rings. The second-order valence-electron chi connectivity index (χ2n) is 5.49.